The van der Waals surface area contributed by atoms with E-state index >= 15 is 0 Å². The van der Waals surface area contributed by atoms with Gasteiger partial charge < -0.3 is 5.32 Å². The van der Waals surface area contributed by atoms with Crippen molar-refractivity contribution in [2.75, 3.05) is 5.32 Å². The fraction of sp³-hybridized carbons (Fsp3) is 0.0714. The Kier molecular flexibility index (Phi) is 3.35. The molecule has 0 aliphatic heterocycles. The maximum absolute atomic E-state index is 12.0. The van der Waals surface area contributed by atoms with Gasteiger partial charge in [-0.1, -0.05) is 0 Å². The summed E-state index contributed by atoms with van der Waals surface area (Å²) in [6, 6.07) is 10.3. The quantitative estimate of drug-likeness (QED) is 0.872. The minimum atomic E-state index is -0.200. The minimum absolute atomic E-state index is 0.200. The second-order valence-electron chi connectivity index (χ2n) is 3.83. The molecule has 18 heavy (non-hydrogen) atoms. The van der Waals surface area contributed by atoms with E-state index in [1.54, 1.807) is 42.7 Å². The predicted molar refractivity (Wildman–Crippen MR) is 68.1 cm³/mol. The number of aryl methyl sites for hydroxylation is 1. The van der Waals surface area contributed by atoms with E-state index in [-0.39, 0.29) is 5.91 Å². The molecule has 0 aliphatic rings. The van der Waals surface area contributed by atoms with Gasteiger partial charge in [0.25, 0.3) is 5.91 Å². The largest absolute Gasteiger partial charge is 0.322 e. The standard InChI is InChI=1S/C14H11N3O/c1-10-9-16-7-6-13(10)17-14(18)12-4-2-11(8-15)3-5-12/h2-7,9H,1H3,(H,16,17,18). The molecule has 0 bridgehead atoms. The first-order chi connectivity index (χ1) is 8.70. The molecular formula is C14H11N3O. The van der Waals surface area contributed by atoms with E-state index in [2.05, 4.69) is 10.3 Å². The summed E-state index contributed by atoms with van der Waals surface area (Å²) in [7, 11) is 0. The number of nitrogens with one attached hydrogen (secondary N) is 1. The Hall–Kier alpha value is -2.67. The van der Waals surface area contributed by atoms with E-state index in [4.69, 9.17) is 5.26 Å². The van der Waals surface area contributed by atoms with Gasteiger partial charge in [0.15, 0.2) is 0 Å². The van der Waals surface area contributed by atoms with Crippen molar-refractivity contribution >= 4 is 11.6 Å². The monoisotopic (exact) mass is 237 g/mol. The molecule has 1 N–H and O–H groups in total. The first kappa shape index (κ1) is 11.8. The fourth-order valence-electron chi connectivity index (χ4n) is 1.50. The van der Waals surface area contributed by atoms with Gasteiger partial charge in [-0.05, 0) is 42.8 Å². The number of rotatable bonds is 2. The average molecular weight is 237 g/mol. The molecule has 0 radical (unpaired) electrons. The number of hydrogen-bond acceptors (Lipinski definition) is 3. The molecule has 0 fully saturated rings. The summed E-state index contributed by atoms with van der Waals surface area (Å²) < 4.78 is 0. The van der Waals surface area contributed by atoms with Crippen LogP contribution >= 0.6 is 0 Å². The molecule has 0 unspecified atom stereocenters. The number of aromatic nitrogens is 1. The lowest BCUT2D eigenvalue weighted by molar-refractivity contribution is 0.102. The van der Waals surface area contributed by atoms with Crippen molar-refractivity contribution in [2.24, 2.45) is 0 Å². The van der Waals surface area contributed by atoms with Crippen molar-refractivity contribution in [3.05, 3.63) is 59.4 Å². The van der Waals surface area contributed by atoms with Crippen molar-refractivity contribution in [1.82, 2.24) is 4.98 Å². The van der Waals surface area contributed by atoms with Gasteiger partial charge in [0.05, 0.1) is 11.6 Å². The highest BCUT2D eigenvalue weighted by Gasteiger charge is 2.07. The zero-order valence-electron chi connectivity index (χ0n) is 9.84. The number of carbonyl (C=O) groups is 1. The smallest absolute Gasteiger partial charge is 0.255 e. The predicted octanol–water partition coefficient (Wildman–Crippen LogP) is 2.51. The van der Waals surface area contributed by atoms with Crippen LogP contribution in [0.1, 0.15) is 21.5 Å². The summed E-state index contributed by atoms with van der Waals surface area (Å²) in [5, 5.41) is 11.5. The number of anilines is 1. The summed E-state index contributed by atoms with van der Waals surface area (Å²) >= 11 is 0. The molecule has 0 aliphatic carbocycles. The zero-order chi connectivity index (χ0) is 13.0. The highest BCUT2D eigenvalue weighted by Crippen LogP contribution is 2.13. The van der Waals surface area contributed by atoms with Crippen LogP contribution in [0.2, 0.25) is 0 Å². The Bertz CT molecular complexity index is 612. The third kappa shape index (κ3) is 2.53. The van der Waals surface area contributed by atoms with Gasteiger partial charge >= 0.3 is 0 Å². The number of hydrogen-bond donors (Lipinski definition) is 1. The minimum Gasteiger partial charge on any atom is -0.322 e. The Morgan fingerprint density at radius 1 is 1.28 bits per heavy atom. The first-order valence-electron chi connectivity index (χ1n) is 5.43. The van der Waals surface area contributed by atoms with Gasteiger partial charge in [-0.15, -0.1) is 0 Å². The molecule has 0 saturated heterocycles. The number of amides is 1. The third-order valence-electron chi connectivity index (χ3n) is 2.54. The molecule has 2 aromatic rings. The molecule has 4 heteroatoms. The normalized spacial score (nSPS) is 9.56. The molecule has 1 aromatic carbocycles. The summed E-state index contributed by atoms with van der Waals surface area (Å²) in [5.41, 5.74) is 2.69. The summed E-state index contributed by atoms with van der Waals surface area (Å²) in [6.45, 7) is 1.88. The Labute approximate surface area is 105 Å². The lowest BCUT2D eigenvalue weighted by Crippen LogP contribution is -2.12. The molecule has 0 atom stereocenters. The van der Waals surface area contributed by atoms with E-state index in [0.717, 1.165) is 11.3 Å². The van der Waals surface area contributed by atoms with E-state index in [0.29, 0.717) is 11.1 Å². The van der Waals surface area contributed by atoms with Crippen LogP contribution in [0.15, 0.2) is 42.7 Å². The van der Waals surface area contributed by atoms with E-state index < -0.39 is 0 Å². The van der Waals surface area contributed by atoms with Crippen LogP contribution in [0.3, 0.4) is 0 Å². The van der Waals surface area contributed by atoms with Crippen molar-refractivity contribution in [3.63, 3.8) is 0 Å². The van der Waals surface area contributed by atoms with Crippen molar-refractivity contribution in [2.45, 2.75) is 6.92 Å². The van der Waals surface area contributed by atoms with Crippen LogP contribution in [-0.2, 0) is 0 Å². The van der Waals surface area contributed by atoms with Crippen LogP contribution in [0.4, 0.5) is 5.69 Å². The van der Waals surface area contributed by atoms with Gasteiger partial charge in [-0.3, -0.25) is 9.78 Å². The lowest BCUT2D eigenvalue weighted by atomic mass is 10.1. The summed E-state index contributed by atoms with van der Waals surface area (Å²) in [4.78, 5) is 15.9. The molecule has 0 saturated carbocycles. The fourth-order valence-corrected chi connectivity index (χ4v) is 1.50. The molecule has 0 spiro atoms. The van der Waals surface area contributed by atoms with Crippen LogP contribution in [0.5, 0.6) is 0 Å². The zero-order valence-corrected chi connectivity index (χ0v) is 9.84. The highest BCUT2D eigenvalue weighted by molar-refractivity contribution is 6.04. The van der Waals surface area contributed by atoms with Crippen molar-refractivity contribution in [3.8, 4) is 6.07 Å². The Morgan fingerprint density at radius 2 is 2.00 bits per heavy atom. The van der Waals surface area contributed by atoms with Crippen LogP contribution in [-0.4, -0.2) is 10.9 Å². The molecule has 88 valence electrons. The van der Waals surface area contributed by atoms with Crippen molar-refractivity contribution < 1.29 is 4.79 Å². The maximum atomic E-state index is 12.0. The van der Waals surface area contributed by atoms with Gasteiger partial charge in [0, 0.05) is 23.6 Å². The topological polar surface area (TPSA) is 65.8 Å². The maximum Gasteiger partial charge on any atom is 0.255 e. The number of carbonyl (C=O) groups excluding carboxylic acids is 1. The number of nitriles is 1. The van der Waals surface area contributed by atoms with E-state index in [1.807, 2.05) is 13.0 Å². The number of benzene rings is 1. The van der Waals surface area contributed by atoms with Crippen LogP contribution in [0, 0.1) is 18.3 Å². The second-order valence-corrected chi connectivity index (χ2v) is 3.83. The van der Waals surface area contributed by atoms with Gasteiger partial charge in [0.1, 0.15) is 0 Å². The lowest BCUT2D eigenvalue weighted by Gasteiger charge is -2.07. The van der Waals surface area contributed by atoms with Gasteiger partial charge in [-0.25, -0.2) is 0 Å². The molecule has 2 rings (SSSR count). The highest BCUT2D eigenvalue weighted by atomic mass is 16.1. The SMILES string of the molecule is Cc1cnccc1NC(=O)c1ccc(C#N)cc1. The molecule has 1 aromatic heterocycles. The van der Waals surface area contributed by atoms with Gasteiger partial charge in [0.2, 0.25) is 0 Å². The average Bonchev–Trinajstić information content (AvgIpc) is 2.41. The molecule has 1 heterocycles. The van der Waals surface area contributed by atoms with Crippen molar-refractivity contribution in [1.29, 1.82) is 5.26 Å². The van der Waals surface area contributed by atoms with Crippen LogP contribution < -0.4 is 5.32 Å². The van der Waals surface area contributed by atoms with E-state index in [9.17, 15) is 4.79 Å². The summed E-state index contributed by atoms with van der Waals surface area (Å²) in [5.74, 6) is -0.200. The first-order valence-corrected chi connectivity index (χ1v) is 5.43. The van der Waals surface area contributed by atoms with Crippen LogP contribution in [0.25, 0.3) is 0 Å². The number of nitrogens with zero attached hydrogens (tertiary/aromatic N) is 2. The molecular weight excluding hydrogens is 226 g/mol. The Balaban J connectivity index is 2.17. The Morgan fingerprint density at radius 3 is 2.61 bits per heavy atom. The number of pyridine rings is 1. The summed E-state index contributed by atoms with van der Waals surface area (Å²) in [6.07, 6.45) is 3.32. The van der Waals surface area contributed by atoms with Gasteiger partial charge in [-0.2, -0.15) is 5.26 Å². The molecule has 4 nitrogen and oxygen atoms in total. The third-order valence-corrected chi connectivity index (χ3v) is 2.54. The van der Waals surface area contributed by atoms with E-state index in [1.165, 1.54) is 0 Å². The molecule has 1 amide bonds. The second kappa shape index (κ2) is 5.11.